The van der Waals surface area contributed by atoms with Gasteiger partial charge in [0.25, 0.3) is 0 Å². The topological polar surface area (TPSA) is 65.5 Å². The van der Waals surface area contributed by atoms with Gasteiger partial charge < -0.3 is 19.5 Å². The molecule has 8 heteroatoms. The van der Waals surface area contributed by atoms with Gasteiger partial charge in [0.05, 0.1) is 20.3 Å². The Labute approximate surface area is 166 Å². The summed E-state index contributed by atoms with van der Waals surface area (Å²) in [6.45, 7) is 3.22. The largest absolute Gasteiger partial charge is 0.497 e. The molecule has 0 radical (unpaired) electrons. The SMILES string of the molecule is CCOc1ccc(OCCSc2nnc(Nc3ccc(OC)cc3)s2)cc1. The van der Waals surface area contributed by atoms with E-state index in [1.165, 1.54) is 11.3 Å². The lowest BCUT2D eigenvalue weighted by molar-refractivity contribution is 0.332. The van der Waals surface area contributed by atoms with Crippen LogP contribution < -0.4 is 19.5 Å². The summed E-state index contributed by atoms with van der Waals surface area (Å²) in [6.07, 6.45) is 0. The van der Waals surface area contributed by atoms with Gasteiger partial charge in [0.15, 0.2) is 4.34 Å². The molecule has 0 atom stereocenters. The van der Waals surface area contributed by atoms with Crippen LogP contribution >= 0.6 is 23.1 Å². The fourth-order valence-electron chi connectivity index (χ4n) is 2.20. The van der Waals surface area contributed by atoms with Crippen LogP contribution in [-0.2, 0) is 0 Å². The van der Waals surface area contributed by atoms with Gasteiger partial charge in [-0.15, -0.1) is 10.2 Å². The van der Waals surface area contributed by atoms with E-state index in [9.17, 15) is 0 Å². The van der Waals surface area contributed by atoms with Crippen LogP contribution in [0.5, 0.6) is 17.2 Å². The van der Waals surface area contributed by atoms with Crippen molar-refractivity contribution < 1.29 is 14.2 Å². The molecular weight excluding hydrogens is 382 g/mol. The quantitative estimate of drug-likeness (QED) is 0.383. The fourth-order valence-corrected chi connectivity index (χ4v) is 3.86. The number of thioether (sulfide) groups is 1. The first-order chi connectivity index (χ1) is 13.3. The van der Waals surface area contributed by atoms with Crippen molar-refractivity contribution in [3.63, 3.8) is 0 Å². The van der Waals surface area contributed by atoms with Gasteiger partial charge >= 0.3 is 0 Å². The molecule has 0 saturated carbocycles. The second-order valence-electron chi connectivity index (χ2n) is 5.33. The first-order valence-electron chi connectivity index (χ1n) is 8.50. The lowest BCUT2D eigenvalue weighted by Crippen LogP contribution is -2.00. The molecule has 2 aromatic carbocycles. The van der Waals surface area contributed by atoms with E-state index in [-0.39, 0.29) is 0 Å². The van der Waals surface area contributed by atoms with Crippen molar-refractivity contribution in [1.82, 2.24) is 10.2 Å². The highest BCUT2D eigenvalue weighted by Gasteiger charge is 2.06. The number of ether oxygens (including phenoxy) is 3. The lowest BCUT2D eigenvalue weighted by Gasteiger charge is -2.06. The minimum absolute atomic E-state index is 0.597. The minimum atomic E-state index is 0.597. The zero-order valence-corrected chi connectivity index (χ0v) is 16.8. The zero-order chi connectivity index (χ0) is 18.9. The van der Waals surface area contributed by atoms with E-state index in [0.717, 1.165) is 38.2 Å². The van der Waals surface area contributed by atoms with Crippen molar-refractivity contribution in [3.05, 3.63) is 48.5 Å². The number of hydrogen-bond donors (Lipinski definition) is 1. The molecule has 0 unspecified atom stereocenters. The Balaban J connectivity index is 1.41. The maximum Gasteiger partial charge on any atom is 0.210 e. The van der Waals surface area contributed by atoms with Crippen LogP contribution in [0.1, 0.15) is 6.92 Å². The van der Waals surface area contributed by atoms with E-state index >= 15 is 0 Å². The summed E-state index contributed by atoms with van der Waals surface area (Å²) in [4.78, 5) is 0. The summed E-state index contributed by atoms with van der Waals surface area (Å²) in [7, 11) is 1.65. The zero-order valence-electron chi connectivity index (χ0n) is 15.2. The molecule has 0 aliphatic heterocycles. The molecule has 0 fully saturated rings. The third-order valence-corrected chi connectivity index (χ3v) is 5.40. The highest BCUT2D eigenvalue weighted by atomic mass is 32.2. The molecule has 1 N–H and O–H groups in total. The van der Waals surface area contributed by atoms with Gasteiger partial charge in [-0.2, -0.15) is 0 Å². The molecule has 0 saturated heterocycles. The molecule has 1 heterocycles. The number of methoxy groups -OCH3 is 1. The van der Waals surface area contributed by atoms with E-state index in [1.807, 2.05) is 55.5 Å². The van der Waals surface area contributed by atoms with E-state index in [4.69, 9.17) is 14.2 Å². The Hall–Kier alpha value is -2.45. The fraction of sp³-hybridized carbons (Fsp3) is 0.263. The highest BCUT2D eigenvalue weighted by molar-refractivity contribution is 8.01. The van der Waals surface area contributed by atoms with E-state index in [2.05, 4.69) is 15.5 Å². The Morgan fingerprint density at radius 2 is 1.59 bits per heavy atom. The van der Waals surface area contributed by atoms with Gasteiger partial charge in [0.2, 0.25) is 5.13 Å². The monoisotopic (exact) mass is 403 g/mol. The summed E-state index contributed by atoms with van der Waals surface area (Å²) in [6, 6.07) is 15.3. The second-order valence-corrected chi connectivity index (χ2v) is 7.65. The van der Waals surface area contributed by atoms with Gasteiger partial charge in [-0.25, -0.2) is 0 Å². The van der Waals surface area contributed by atoms with Crippen molar-refractivity contribution >= 4 is 33.9 Å². The minimum Gasteiger partial charge on any atom is -0.497 e. The van der Waals surface area contributed by atoms with Gasteiger partial charge in [-0.1, -0.05) is 23.1 Å². The molecule has 3 aromatic rings. The maximum absolute atomic E-state index is 5.74. The third-order valence-electron chi connectivity index (χ3n) is 3.46. The first-order valence-corrected chi connectivity index (χ1v) is 10.3. The molecular formula is C19H21N3O3S2. The normalized spacial score (nSPS) is 10.4. The van der Waals surface area contributed by atoms with Crippen molar-refractivity contribution in [2.24, 2.45) is 0 Å². The van der Waals surface area contributed by atoms with Crippen molar-refractivity contribution in [1.29, 1.82) is 0 Å². The molecule has 0 aliphatic carbocycles. The van der Waals surface area contributed by atoms with Gasteiger partial charge in [0, 0.05) is 11.4 Å². The number of nitrogens with one attached hydrogen (secondary N) is 1. The maximum atomic E-state index is 5.74. The predicted molar refractivity (Wildman–Crippen MR) is 110 cm³/mol. The Morgan fingerprint density at radius 3 is 2.26 bits per heavy atom. The van der Waals surface area contributed by atoms with E-state index < -0.39 is 0 Å². The first kappa shape index (κ1) is 19.3. The van der Waals surface area contributed by atoms with E-state index in [0.29, 0.717) is 13.2 Å². The average molecular weight is 404 g/mol. The van der Waals surface area contributed by atoms with Gasteiger partial charge in [-0.05, 0) is 55.5 Å². The van der Waals surface area contributed by atoms with Crippen LogP contribution in [0, 0.1) is 0 Å². The standard InChI is InChI=1S/C19H21N3O3S2/c1-3-24-16-8-10-17(11-9-16)25-12-13-26-19-22-21-18(27-19)20-14-4-6-15(23-2)7-5-14/h4-11H,3,12-13H2,1-2H3,(H,20,21). The molecule has 0 spiro atoms. The summed E-state index contributed by atoms with van der Waals surface area (Å²) < 4.78 is 17.2. The number of aromatic nitrogens is 2. The highest BCUT2D eigenvalue weighted by Crippen LogP contribution is 2.28. The summed E-state index contributed by atoms with van der Waals surface area (Å²) in [5, 5.41) is 12.4. The third kappa shape index (κ3) is 6.04. The van der Waals surface area contributed by atoms with Crippen LogP contribution in [0.3, 0.4) is 0 Å². The van der Waals surface area contributed by atoms with Crippen LogP contribution in [0.25, 0.3) is 0 Å². The van der Waals surface area contributed by atoms with Crippen molar-refractivity contribution in [2.45, 2.75) is 11.3 Å². The molecule has 27 heavy (non-hydrogen) atoms. The second kappa shape index (κ2) is 10.0. The Morgan fingerprint density at radius 1 is 0.926 bits per heavy atom. The number of anilines is 2. The number of hydrogen-bond acceptors (Lipinski definition) is 8. The smallest absolute Gasteiger partial charge is 0.210 e. The molecule has 0 bridgehead atoms. The molecule has 0 aliphatic rings. The van der Waals surface area contributed by atoms with Crippen LogP contribution in [0.15, 0.2) is 52.9 Å². The molecule has 142 valence electrons. The summed E-state index contributed by atoms with van der Waals surface area (Å²) in [5.41, 5.74) is 0.947. The number of benzene rings is 2. The van der Waals surface area contributed by atoms with Gasteiger partial charge in [0.1, 0.15) is 17.2 Å². The van der Waals surface area contributed by atoms with Crippen molar-refractivity contribution in [3.8, 4) is 17.2 Å². The van der Waals surface area contributed by atoms with Gasteiger partial charge in [-0.3, -0.25) is 0 Å². The number of rotatable bonds is 10. The molecule has 0 amide bonds. The summed E-state index contributed by atoms with van der Waals surface area (Å²) in [5.74, 6) is 3.30. The summed E-state index contributed by atoms with van der Waals surface area (Å²) >= 11 is 3.14. The van der Waals surface area contributed by atoms with E-state index in [1.54, 1.807) is 18.9 Å². The van der Waals surface area contributed by atoms with Crippen molar-refractivity contribution in [2.75, 3.05) is 31.4 Å². The van der Waals surface area contributed by atoms with Crippen LogP contribution in [0.2, 0.25) is 0 Å². The Bertz CT molecular complexity index is 823. The van der Waals surface area contributed by atoms with Crippen LogP contribution in [0.4, 0.5) is 10.8 Å². The predicted octanol–water partition coefficient (Wildman–Crippen LogP) is 4.86. The Kier molecular flexibility index (Phi) is 7.18. The molecule has 6 nitrogen and oxygen atoms in total. The average Bonchev–Trinajstić information content (AvgIpc) is 3.14. The molecule has 1 aromatic heterocycles. The lowest BCUT2D eigenvalue weighted by atomic mass is 10.3. The molecule has 3 rings (SSSR count). The number of nitrogens with zero attached hydrogens (tertiary/aromatic N) is 2. The van der Waals surface area contributed by atoms with Crippen LogP contribution in [-0.4, -0.2) is 36.3 Å².